The summed E-state index contributed by atoms with van der Waals surface area (Å²) in [4.78, 5) is 16.3. The number of hydrogen-bond donors (Lipinski definition) is 2. The number of aryl methyl sites for hydroxylation is 1. The Balaban J connectivity index is 1.36. The minimum absolute atomic E-state index is 0.0232. The molecule has 1 aromatic heterocycles. The molecular weight excluding hydrogens is 398 g/mol. The first-order chi connectivity index (χ1) is 14.5. The number of benzene rings is 2. The van der Waals surface area contributed by atoms with Crippen molar-refractivity contribution in [3.8, 4) is 5.69 Å². The SMILES string of the molecule is Cc1nn(-c2ccccc2)c(C)c1NC(=O)C[NH+]1CCN(c2ccccc2Cl)CC1. The lowest BCUT2D eigenvalue weighted by molar-refractivity contribution is -0.892. The van der Waals surface area contributed by atoms with Gasteiger partial charge in [-0.1, -0.05) is 41.9 Å². The van der Waals surface area contributed by atoms with Crippen LogP contribution in [0.25, 0.3) is 5.69 Å². The molecule has 3 aromatic rings. The Bertz CT molecular complexity index is 1030. The van der Waals surface area contributed by atoms with Crippen molar-refractivity contribution in [3.63, 3.8) is 0 Å². The van der Waals surface area contributed by atoms with E-state index in [1.54, 1.807) is 0 Å². The van der Waals surface area contributed by atoms with E-state index >= 15 is 0 Å². The van der Waals surface area contributed by atoms with Crippen molar-refractivity contribution in [2.24, 2.45) is 0 Å². The zero-order valence-electron chi connectivity index (χ0n) is 17.4. The van der Waals surface area contributed by atoms with Gasteiger partial charge in [-0.25, -0.2) is 4.68 Å². The molecule has 4 rings (SSSR count). The van der Waals surface area contributed by atoms with Crippen LogP contribution in [0.15, 0.2) is 54.6 Å². The number of rotatable bonds is 5. The third kappa shape index (κ3) is 4.35. The van der Waals surface area contributed by atoms with Gasteiger partial charge < -0.3 is 15.1 Å². The lowest BCUT2D eigenvalue weighted by atomic mass is 10.2. The fraction of sp³-hybridized carbons (Fsp3) is 0.304. The van der Waals surface area contributed by atoms with Crippen LogP contribution in [0.5, 0.6) is 0 Å². The summed E-state index contributed by atoms with van der Waals surface area (Å²) in [6, 6.07) is 17.9. The molecule has 2 N–H and O–H groups in total. The highest BCUT2D eigenvalue weighted by molar-refractivity contribution is 6.33. The molecule has 0 aliphatic carbocycles. The van der Waals surface area contributed by atoms with Crippen molar-refractivity contribution in [2.75, 3.05) is 42.9 Å². The van der Waals surface area contributed by atoms with Crippen LogP contribution in [0.4, 0.5) is 11.4 Å². The van der Waals surface area contributed by atoms with Gasteiger partial charge in [0.05, 0.1) is 59.7 Å². The zero-order chi connectivity index (χ0) is 21.1. The van der Waals surface area contributed by atoms with E-state index < -0.39 is 0 Å². The second kappa shape index (κ2) is 8.90. The molecule has 1 fully saturated rings. The molecular formula is C23H27ClN5O+. The number of carbonyl (C=O) groups is 1. The summed E-state index contributed by atoms with van der Waals surface area (Å²) in [5, 5.41) is 8.48. The van der Waals surface area contributed by atoms with Crippen LogP contribution in [0.1, 0.15) is 11.4 Å². The molecule has 0 atom stereocenters. The van der Waals surface area contributed by atoms with Gasteiger partial charge in [-0.15, -0.1) is 0 Å². The quantitative estimate of drug-likeness (QED) is 0.661. The van der Waals surface area contributed by atoms with Gasteiger partial charge in [-0.2, -0.15) is 5.10 Å². The fourth-order valence-electron chi connectivity index (χ4n) is 4.00. The number of quaternary nitrogens is 1. The predicted octanol–water partition coefficient (Wildman–Crippen LogP) is 2.49. The van der Waals surface area contributed by atoms with Crippen LogP contribution in [0.2, 0.25) is 5.02 Å². The first kappa shape index (κ1) is 20.4. The summed E-state index contributed by atoms with van der Waals surface area (Å²) in [5.74, 6) is 0.0232. The number of anilines is 2. The molecule has 1 amide bonds. The van der Waals surface area contributed by atoms with Crippen LogP contribution in [-0.2, 0) is 4.79 Å². The number of para-hydroxylation sites is 2. The van der Waals surface area contributed by atoms with E-state index in [1.165, 1.54) is 4.90 Å². The van der Waals surface area contributed by atoms with Crippen LogP contribution >= 0.6 is 11.6 Å². The fourth-order valence-corrected chi connectivity index (χ4v) is 4.26. The summed E-state index contributed by atoms with van der Waals surface area (Å²) in [6.45, 7) is 7.94. The van der Waals surface area contributed by atoms with Crippen molar-refractivity contribution in [2.45, 2.75) is 13.8 Å². The molecule has 0 unspecified atom stereocenters. The minimum atomic E-state index is 0.0232. The summed E-state index contributed by atoms with van der Waals surface area (Å²) >= 11 is 6.32. The molecule has 0 saturated carbocycles. The number of nitrogens with one attached hydrogen (secondary N) is 2. The maximum absolute atomic E-state index is 12.7. The summed E-state index contributed by atoms with van der Waals surface area (Å²) in [7, 11) is 0. The van der Waals surface area contributed by atoms with Crippen LogP contribution in [0.3, 0.4) is 0 Å². The van der Waals surface area contributed by atoms with Gasteiger partial charge >= 0.3 is 0 Å². The molecule has 6 nitrogen and oxygen atoms in total. The summed E-state index contributed by atoms with van der Waals surface area (Å²) in [5.41, 5.74) is 4.62. The topological polar surface area (TPSA) is 54.6 Å². The van der Waals surface area contributed by atoms with Gasteiger partial charge in [0.2, 0.25) is 0 Å². The van der Waals surface area contributed by atoms with Crippen LogP contribution in [-0.4, -0.2) is 48.4 Å². The van der Waals surface area contributed by atoms with Gasteiger partial charge in [0.25, 0.3) is 5.91 Å². The minimum Gasteiger partial charge on any atom is -0.359 e. The number of piperazine rings is 1. The molecule has 156 valence electrons. The predicted molar refractivity (Wildman–Crippen MR) is 121 cm³/mol. The highest BCUT2D eigenvalue weighted by atomic mass is 35.5. The second-order valence-electron chi connectivity index (χ2n) is 7.71. The van der Waals surface area contributed by atoms with E-state index in [0.717, 1.165) is 59.7 Å². The number of carbonyl (C=O) groups excluding carboxylic acids is 1. The van der Waals surface area contributed by atoms with E-state index in [-0.39, 0.29) is 5.91 Å². The van der Waals surface area contributed by atoms with E-state index in [2.05, 4.69) is 21.4 Å². The van der Waals surface area contributed by atoms with Crippen LogP contribution in [0, 0.1) is 13.8 Å². The average molecular weight is 425 g/mol. The van der Waals surface area contributed by atoms with Crippen molar-refractivity contribution in [1.82, 2.24) is 9.78 Å². The van der Waals surface area contributed by atoms with E-state index in [9.17, 15) is 4.79 Å². The van der Waals surface area contributed by atoms with Gasteiger partial charge in [0, 0.05) is 0 Å². The molecule has 2 aromatic carbocycles. The molecule has 7 heteroatoms. The Labute approximate surface area is 182 Å². The molecule has 0 spiro atoms. The molecule has 1 saturated heterocycles. The number of halogens is 1. The number of amides is 1. The van der Waals surface area contributed by atoms with Crippen molar-refractivity contribution < 1.29 is 9.69 Å². The summed E-state index contributed by atoms with van der Waals surface area (Å²) < 4.78 is 1.88. The lowest BCUT2D eigenvalue weighted by Crippen LogP contribution is -3.15. The highest BCUT2D eigenvalue weighted by Crippen LogP contribution is 2.25. The molecule has 0 bridgehead atoms. The summed E-state index contributed by atoms with van der Waals surface area (Å²) in [6.07, 6.45) is 0. The standard InChI is InChI=1S/C23H26ClN5O/c1-17-23(18(2)29(26-17)19-8-4-3-5-9-19)25-22(30)16-27-12-14-28(15-13-27)21-11-7-6-10-20(21)24/h3-11H,12-16H2,1-2H3,(H,25,30)/p+1. The van der Waals surface area contributed by atoms with Gasteiger partial charge in [-0.05, 0) is 38.1 Å². The van der Waals surface area contributed by atoms with Crippen molar-refractivity contribution in [3.05, 3.63) is 71.0 Å². The Morgan fingerprint density at radius 3 is 2.43 bits per heavy atom. The number of nitrogens with zero attached hydrogens (tertiary/aromatic N) is 3. The monoisotopic (exact) mass is 424 g/mol. The highest BCUT2D eigenvalue weighted by Gasteiger charge is 2.24. The van der Waals surface area contributed by atoms with E-state index in [1.807, 2.05) is 67.1 Å². The van der Waals surface area contributed by atoms with E-state index in [4.69, 9.17) is 11.6 Å². The Kier molecular flexibility index (Phi) is 6.06. The second-order valence-corrected chi connectivity index (χ2v) is 8.11. The third-order valence-corrected chi connectivity index (χ3v) is 5.95. The molecule has 30 heavy (non-hydrogen) atoms. The van der Waals surface area contributed by atoms with Crippen molar-refractivity contribution in [1.29, 1.82) is 0 Å². The first-order valence-electron chi connectivity index (χ1n) is 10.3. The molecule has 0 radical (unpaired) electrons. The smallest absolute Gasteiger partial charge is 0.279 e. The zero-order valence-corrected chi connectivity index (χ0v) is 18.1. The largest absolute Gasteiger partial charge is 0.359 e. The Morgan fingerprint density at radius 2 is 1.73 bits per heavy atom. The molecule has 1 aliphatic heterocycles. The number of aromatic nitrogens is 2. The van der Waals surface area contributed by atoms with Crippen molar-refractivity contribution >= 4 is 28.9 Å². The Morgan fingerprint density at radius 1 is 1.07 bits per heavy atom. The van der Waals surface area contributed by atoms with Crippen LogP contribution < -0.4 is 15.1 Å². The normalized spacial score (nSPS) is 14.7. The maximum Gasteiger partial charge on any atom is 0.279 e. The van der Waals surface area contributed by atoms with Gasteiger partial charge in [-0.3, -0.25) is 4.79 Å². The average Bonchev–Trinajstić information content (AvgIpc) is 3.04. The third-order valence-electron chi connectivity index (χ3n) is 5.63. The maximum atomic E-state index is 12.7. The van der Waals surface area contributed by atoms with E-state index in [0.29, 0.717) is 6.54 Å². The van der Waals surface area contributed by atoms with Gasteiger partial charge in [0.1, 0.15) is 0 Å². The first-order valence-corrected chi connectivity index (χ1v) is 10.7. The Hall–Kier alpha value is -2.83. The molecule has 2 heterocycles. The number of hydrogen-bond acceptors (Lipinski definition) is 3. The van der Waals surface area contributed by atoms with Gasteiger partial charge in [0.15, 0.2) is 6.54 Å². The lowest BCUT2D eigenvalue weighted by Gasteiger charge is -2.33. The molecule has 1 aliphatic rings.